The van der Waals surface area contributed by atoms with E-state index in [-0.39, 0.29) is 11.7 Å². The van der Waals surface area contributed by atoms with Crippen LogP contribution >= 0.6 is 7.37 Å². The quantitative estimate of drug-likeness (QED) is 0.710. The summed E-state index contributed by atoms with van der Waals surface area (Å²) in [5.74, 6) is -0.281. The van der Waals surface area contributed by atoms with Crippen LogP contribution in [0.25, 0.3) is 0 Å². The van der Waals surface area contributed by atoms with Gasteiger partial charge in [0.1, 0.15) is 0 Å². The average molecular weight is 331 g/mol. The van der Waals surface area contributed by atoms with Crippen molar-refractivity contribution < 1.29 is 9.46 Å². The first kappa shape index (κ1) is 17.9. The van der Waals surface area contributed by atoms with Crippen LogP contribution in [0, 0.1) is 5.92 Å². The van der Waals surface area contributed by atoms with E-state index in [1.807, 2.05) is 74.5 Å². The Bertz CT molecular complexity index is 628. The van der Waals surface area contributed by atoms with Gasteiger partial charge in [0.25, 0.3) is 0 Å². The van der Waals surface area contributed by atoms with Crippen molar-refractivity contribution in [1.82, 2.24) is 5.32 Å². The molecule has 0 saturated carbocycles. The normalized spacial score (nSPS) is 15.3. The Labute approximate surface area is 139 Å². The van der Waals surface area contributed by atoms with E-state index >= 15 is 0 Å². The number of benzene rings is 2. The Morgan fingerprint density at radius 2 is 1.48 bits per heavy atom. The van der Waals surface area contributed by atoms with Crippen LogP contribution in [-0.4, -0.2) is 16.8 Å². The Morgan fingerprint density at radius 3 is 2.00 bits per heavy atom. The molecule has 2 aromatic carbocycles. The fourth-order valence-electron chi connectivity index (χ4n) is 2.74. The highest BCUT2D eigenvalue weighted by Gasteiger charge is 2.32. The van der Waals surface area contributed by atoms with E-state index in [1.54, 1.807) is 0 Å². The first-order valence-corrected chi connectivity index (χ1v) is 10.0. The maximum absolute atomic E-state index is 12.8. The number of aryl methyl sites for hydroxylation is 1. The van der Waals surface area contributed by atoms with Crippen LogP contribution in [0.5, 0.6) is 0 Å². The second-order valence-electron chi connectivity index (χ2n) is 6.27. The Hall–Kier alpha value is -1.41. The molecule has 0 aliphatic rings. The predicted molar refractivity (Wildman–Crippen MR) is 96.7 cm³/mol. The molecule has 0 aliphatic carbocycles. The van der Waals surface area contributed by atoms with Crippen LogP contribution in [0.1, 0.15) is 25.0 Å². The van der Waals surface area contributed by atoms with Gasteiger partial charge in [-0.1, -0.05) is 74.5 Å². The van der Waals surface area contributed by atoms with E-state index in [0.29, 0.717) is 19.1 Å². The van der Waals surface area contributed by atoms with Crippen molar-refractivity contribution in [2.24, 2.45) is 5.92 Å². The summed E-state index contributed by atoms with van der Waals surface area (Å²) >= 11 is 0. The van der Waals surface area contributed by atoms with Gasteiger partial charge in [-0.15, -0.1) is 0 Å². The fraction of sp³-hybridized carbons (Fsp3) is 0.368. The van der Waals surface area contributed by atoms with Crippen LogP contribution in [0.2, 0.25) is 0 Å². The topological polar surface area (TPSA) is 49.3 Å². The summed E-state index contributed by atoms with van der Waals surface area (Å²) in [6.45, 7) is 4.60. The molecular weight excluding hydrogens is 305 g/mol. The Balaban J connectivity index is 1.98. The van der Waals surface area contributed by atoms with Gasteiger partial charge in [-0.3, -0.25) is 4.57 Å². The standard InChI is InChI=1S/C19H26NO2P/c1-16(2)19(20-15-18-11-7-4-8-12-18)23(21,22)14-13-17-9-5-3-6-10-17/h3-12,16,19-20H,13-15H2,1-2H3,(H,21,22). The number of hydrogen-bond donors (Lipinski definition) is 2. The van der Waals surface area contributed by atoms with E-state index in [4.69, 9.17) is 0 Å². The van der Waals surface area contributed by atoms with Gasteiger partial charge in [0, 0.05) is 12.7 Å². The van der Waals surface area contributed by atoms with Crippen molar-refractivity contribution >= 4 is 7.37 Å². The number of hydrogen-bond acceptors (Lipinski definition) is 2. The van der Waals surface area contributed by atoms with Crippen molar-refractivity contribution in [1.29, 1.82) is 0 Å². The van der Waals surface area contributed by atoms with Gasteiger partial charge in [-0.25, -0.2) is 0 Å². The molecule has 3 nitrogen and oxygen atoms in total. The van der Waals surface area contributed by atoms with Crippen LogP contribution < -0.4 is 5.32 Å². The molecule has 0 spiro atoms. The zero-order valence-corrected chi connectivity index (χ0v) is 14.7. The predicted octanol–water partition coefficient (Wildman–Crippen LogP) is 4.27. The molecule has 0 amide bonds. The lowest BCUT2D eigenvalue weighted by atomic mass is 10.2. The van der Waals surface area contributed by atoms with Gasteiger partial charge in [0.15, 0.2) is 0 Å². The van der Waals surface area contributed by atoms with Gasteiger partial charge in [0.2, 0.25) is 7.37 Å². The Kier molecular flexibility index (Phi) is 6.59. The lowest BCUT2D eigenvalue weighted by molar-refractivity contribution is 0.405. The highest BCUT2D eigenvalue weighted by atomic mass is 31.2. The zero-order valence-electron chi connectivity index (χ0n) is 13.9. The third kappa shape index (κ3) is 5.62. The van der Waals surface area contributed by atoms with Gasteiger partial charge in [-0.05, 0) is 23.5 Å². The van der Waals surface area contributed by atoms with Crippen molar-refractivity contribution in [3.8, 4) is 0 Å². The monoisotopic (exact) mass is 331 g/mol. The molecular formula is C19H26NO2P. The first-order valence-electron chi connectivity index (χ1n) is 8.12. The minimum Gasteiger partial charge on any atom is -0.343 e. The second kappa shape index (κ2) is 8.44. The van der Waals surface area contributed by atoms with Gasteiger partial charge in [0.05, 0.1) is 5.78 Å². The van der Waals surface area contributed by atoms with Crippen LogP contribution in [-0.2, 0) is 17.5 Å². The molecule has 0 fully saturated rings. The summed E-state index contributed by atoms with van der Waals surface area (Å²) in [5, 5.41) is 3.30. The minimum atomic E-state index is -3.27. The van der Waals surface area contributed by atoms with E-state index < -0.39 is 7.37 Å². The van der Waals surface area contributed by atoms with E-state index in [1.165, 1.54) is 0 Å². The van der Waals surface area contributed by atoms with Crippen molar-refractivity contribution in [2.75, 3.05) is 6.16 Å². The molecule has 2 aromatic rings. The average Bonchev–Trinajstić information content (AvgIpc) is 2.55. The molecule has 0 saturated heterocycles. The zero-order chi connectivity index (χ0) is 16.7. The van der Waals surface area contributed by atoms with Gasteiger partial charge >= 0.3 is 0 Å². The summed E-state index contributed by atoms with van der Waals surface area (Å²) in [4.78, 5) is 10.6. The molecule has 0 heterocycles. The summed E-state index contributed by atoms with van der Waals surface area (Å²) in [6.07, 6.45) is 0.937. The Morgan fingerprint density at radius 1 is 0.957 bits per heavy atom. The SMILES string of the molecule is CC(C)C(NCc1ccccc1)P(=O)(O)CCc1ccccc1. The molecule has 0 aromatic heterocycles. The molecule has 2 N–H and O–H groups in total. The van der Waals surface area contributed by atoms with Crippen LogP contribution in [0.3, 0.4) is 0 Å². The second-order valence-corrected chi connectivity index (χ2v) is 8.78. The minimum absolute atomic E-state index is 0.102. The first-order chi connectivity index (χ1) is 11.0. The van der Waals surface area contributed by atoms with Crippen molar-refractivity contribution in [2.45, 2.75) is 32.6 Å². The lowest BCUT2D eigenvalue weighted by Gasteiger charge is -2.27. The maximum atomic E-state index is 12.8. The molecule has 124 valence electrons. The summed E-state index contributed by atoms with van der Waals surface area (Å²) in [6, 6.07) is 19.9. The van der Waals surface area contributed by atoms with Crippen LogP contribution in [0.15, 0.2) is 60.7 Å². The van der Waals surface area contributed by atoms with Crippen LogP contribution in [0.4, 0.5) is 0 Å². The third-order valence-corrected chi connectivity index (χ3v) is 6.50. The fourth-order valence-corrected chi connectivity index (χ4v) is 4.90. The van der Waals surface area contributed by atoms with Gasteiger partial charge in [-0.2, -0.15) is 0 Å². The molecule has 0 bridgehead atoms. The summed E-state index contributed by atoms with van der Waals surface area (Å²) in [5.41, 5.74) is 2.23. The molecule has 2 unspecified atom stereocenters. The molecule has 23 heavy (non-hydrogen) atoms. The van der Waals surface area contributed by atoms with Crippen molar-refractivity contribution in [3.05, 3.63) is 71.8 Å². The largest absolute Gasteiger partial charge is 0.343 e. The molecule has 2 rings (SSSR count). The van der Waals surface area contributed by atoms with E-state index in [0.717, 1.165) is 11.1 Å². The summed E-state index contributed by atoms with van der Waals surface area (Å²) < 4.78 is 12.8. The molecule has 0 aliphatic heterocycles. The molecule has 0 radical (unpaired) electrons. The smallest absolute Gasteiger partial charge is 0.217 e. The van der Waals surface area contributed by atoms with E-state index in [2.05, 4.69) is 5.32 Å². The number of nitrogens with one attached hydrogen (secondary N) is 1. The summed E-state index contributed by atoms with van der Waals surface area (Å²) in [7, 11) is -3.27. The maximum Gasteiger partial charge on any atom is 0.217 e. The van der Waals surface area contributed by atoms with E-state index in [9.17, 15) is 9.46 Å². The third-order valence-electron chi connectivity index (χ3n) is 3.99. The number of rotatable bonds is 8. The lowest BCUT2D eigenvalue weighted by Crippen LogP contribution is -2.34. The highest BCUT2D eigenvalue weighted by Crippen LogP contribution is 2.48. The molecule has 4 heteroatoms. The highest BCUT2D eigenvalue weighted by molar-refractivity contribution is 7.58. The molecule has 2 atom stereocenters. The van der Waals surface area contributed by atoms with Gasteiger partial charge < -0.3 is 10.2 Å². The van der Waals surface area contributed by atoms with Crippen molar-refractivity contribution in [3.63, 3.8) is 0 Å².